The zero-order chi connectivity index (χ0) is 13.1. The minimum Gasteiger partial charge on any atom is -0.480 e. The minimum absolute atomic E-state index is 0.369. The molecule has 1 aromatic carbocycles. The van der Waals surface area contributed by atoms with Crippen LogP contribution in [0.3, 0.4) is 0 Å². The molecule has 0 amide bonds. The molecule has 1 atom stereocenters. The molecule has 0 radical (unpaired) electrons. The molecule has 0 spiro atoms. The lowest BCUT2D eigenvalue weighted by molar-refractivity contribution is -0.141. The SMILES string of the molecule is CCC(C)(Nc1ccccc1C(C)C)C(=O)O. The maximum absolute atomic E-state index is 11.3. The van der Waals surface area contributed by atoms with Gasteiger partial charge in [-0.2, -0.15) is 0 Å². The topological polar surface area (TPSA) is 49.3 Å². The molecule has 1 aromatic rings. The number of carboxylic acid groups (broad SMARTS) is 1. The van der Waals surface area contributed by atoms with Crippen LogP contribution in [-0.2, 0) is 4.79 Å². The van der Waals surface area contributed by atoms with Gasteiger partial charge in [0, 0.05) is 5.69 Å². The summed E-state index contributed by atoms with van der Waals surface area (Å²) in [6.07, 6.45) is 0.536. The first-order valence-electron chi connectivity index (χ1n) is 6.01. The Morgan fingerprint density at radius 1 is 1.41 bits per heavy atom. The Morgan fingerprint density at radius 3 is 2.47 bits per heavy atom. The van der Waals surface area contributed by atoms with E-state index in [0.29, 0.717) is 12.3 Å². The number of aliphatic carboxylic acids is 1. The Kier molecular flexibility index (Phi) is 4.16. The molecule has 0 aliphatic rings. The van der Waals surface area contributed by atoms with Gasteiger partial charge >= 0.3 is 5.97 Å². The van der Waals surface area contributed by atoms with Crippen LogP contribution in [0.4, 0.5) is 5.69 Å². The Labute approximate surface area is 103 Å². The van der Waals surface area contributed by atoms with Gasteiger partial charge in [-0.05, 0) is 30.9 Å². The summed E-state index contributed by atoms with van der Waals surface area (Å²) < 4.78 is 0. The van der Waals surface area contributed by atoms with E-state index in [1.54, 1.807) is 6.92 Å². The number of anilines is 1. The molecule has 0 saturated heterocycles. The number of carboxylic acids is 1. The summed E-state index contributed by atoms with van der Waals surface area (Å²) in [5.41, 5.74) is 1.15. The fraction of sp³-hybridized carbons (Fsp3) is 0.500. The van der Waals surface area contributed by atoms with E-state index in [2.05, 4.69) is 19.2 Å². The van der Waals surface area contributed by atoms with Gasteiger partial charge in [-0.3, -0.25) is 0 Å². The van der Waals surface area contributed by atoms with Gasteiger partial charge in [-0.1, -0.05) is 39.0 Å². The number of nitrogens with one attached hydrogen (secondary N) is 1. The van der Waals surface area contributed by atoms with E-state index < -0.39 is 11.5 Å². The van der Waals surface area contributed by atoms with Crippen LogP contribution in [0, 0.1) is 0 Å². The van der Waals surface area contributed by atoms with E-state index in [0.717, 1.165) is 11.3 Å². The highest BCUT2D eigenvalue weighted by atomic mass is 16.4. The summed E-state index contributed by atoms with van der Waals surface area (Å²) >= 11 is 0. The van der Waals surface area contributed by atoms with Crippen LogP contribution < -0.4 is 5.32 Å². The third-order valence-electron chi connectivity index (χ3n) is 3.17. The van der Waals surface area contributed by atoms with Crippen LogP contribution in [0.15, 0.2) is 24.3 Å². The minimum atomic E-state index is -0.912. The first kappa shape index (κ1) is 13.6. The molecule has 1 rings (SSSR count). The summed E-state index contributed by atoms with van der Waals surface area (Å²) in [4.78, 5) is 11.3. The van der Waals surface area contributed by atoms with Crippen LogP contribution in [0.5, 0.6) is 0 Å². The van der Waals surface area contributed by atoms with Crippen LogP contribution in [0.2, 0.25) is 0 Å². The Hall–Kier alpha value is -1.51. The zero-order valence-corrected chi connectivity index (χ0v) is 10.9. The second-order valence-electron chi connectivity index (χ2n) is 4.86. The van der Waals surface area contributed by atoms with Crippen molar-refractivity contribution in [2.24, 2.45) is 0 Å². The van der Waals surface area contributed by atoms with Crippen molar-refractivity contribution in [2.75, 3.05) is 5.32 Å². The normalized spacial score (nSPS) is 14.4. The Bertz CT molecular complexity index is 401. The van der Waals surface area contributed by atoms with Crippen molar-refractivity contribution in [1.82, 2.24) is 0 Å². The largest absolute Gasteiger partial charge is 0.480 e. The third kappa shape index (κ3) is 2.99. The molecule has 3 nitrogen and oxygen atoms in total. The highest BCUT2D eigenvalue weighted by Gasteiger charge is 2.31. The maximum Gasteiger partial charge on any atom is 0.329 e. The maximum atomic E-state index is 11.3. The van der Waals surface area contributed by atoms with Crippen LogP contribution in [0.1, 0.15) is 45.6 Å². The van der Waals surface area contributed by atoms with E-state index in [-0.39, 0.29) is 0 Å². The molecule has 0 heterocycles. The number of hydrogen-bond acceptors (Lipinski definition) is 2. The van der Waals surface area contributed by atoms with Gasteiger partial charge in [-0.15, -0.1) is 0 Å². The highest BCUT2D eigenvalue weighted by Crippen LogP contribution is 2.27. The number of para-hydroxylation sites is 1. The van der Waals surface area contributed by atoms with E-state index in [4.69, 9.17) is 0 Å². The zero-order valence-electron chi connectivity index (χ0n) is 10.9. The molecule has 17 heavy (non-hydrogen) atoms. The van der Waals surface area contributed by atoms with E-state index in [1.165, 1.54) is 0 Å². The smallest absolute Gasteiger partial charge is 0.329 e. The van der Waals surface area contributed by atoms with Gasteiger partial charge in [0.25, 0.3) is 0 Å². The second kappa shape index (κ2) is 5.21. The van der Waals surface area contributed by atoms with Gasteiger partial charge in [0.1, 0.15) is 5.54 Å². The molecule has 2 N–H and O–H groups in total. The average molecular weight is 235 g/mol. The lowest BCUT2D eigenvalue weighted by Crippen LogP contribution is -2.42. The molecule has 0 aliphatic carbocycles. The summed E-state index contributed by atoms with van der Waals surface area (Å²) in [5.74, 6) is -0.452. The predicted molar refractivity (Wildman–Crippen MR) is 70.5 cm³/mol. The monoisotopic (exact) mass is 235 g/mol. The first-order chi connectivity index (χ1) is 7.90. The molecular formula is C14H21NO2. The quantitative estimate of drug-likeness (QED) is 0.821. The average Bonchev–Trinajstić information content (AvgIpc) is 2.29. The van der Waals surface area contributed by atoms with E-state index in [9.17, 15) is 9.90 Å². The molecule has 3 heteroatoms. The standard InChI is InChI=1S/C14H21NO2/c1-5-14(4,13(16)17)15-12-9-7-6-8-11(12)10(2)3/h6-10,15H,5H2,1-4H3,(H,16,17). The van der Waals surface area contributed by atoms with Crippen molar-refractivity contribution in [2.45, 2.75) is 45.6 Å². The van der Waals surface area contributed by atoms with Crippen LogP contribution in [-0.4, -0.2) is 16.6 Å². The Morgan fingerprint density at radius 2 is 2.00 bits per heavy atom. The highest BCUT2D eigenvalue weighted by molar-refractivity contribution is 5.82. The predicted octanol–water partition coefficient (Wildman–Crippen LogP) is 3.48. The fourth-order valence-electron chi connectivity index (χ4n) is 1.70. The van der Waals surface area contributed by atoms with Crippen molar-refractivity contribution >= 4 is 11.7 Å². The van der Waals surface area contributed by atoms with Crippen LogP contribution in [0.25, 0.3) is 0 Å². The molecule has 94 valence electrons. The van der Waals surface area contributed by atoms with Crippen molar-refractivity contribution in [3.05, 3.63) is 29.8 Å². The van der Waals surface area contributed by atoms with Gasteiger partial charge in [0.15, 0.2) is 0 Å². The third-order valence-corrected chi connectivity index (χ3v) is 3.17. The number of hydrogen-bond donors (Lipinski definition) is 2. The van der Waals surface area contributed by atoms with Gasteiger partial charge in [0.2, 0.25) is 0 Å². The molecule has 0 aromatic heterocycles. The lowest BCUT2D eigenvalue weighted by atomic mass is 9.95. The second-order valence-corrected chi connectivity index (χ2v) is 4.86. The molecule has 0 bridgehead atoms. The van der Waals surface area contributed by atoms with Gasteiger partial charge < -0.3 is 10.4 Å². The number of rotatable bonds is 5. The van der Waals surface area contributed by atoms with Crippen molar-refractivity contribution in [1.29, 1.82) is 0 Å². The van der Waals surface area contributed by atoms with Gasteiger partial charge in [-0.25, -0.2) is 4.79 Å². The van der Waals surface area contributed by atoms with Gasteiger partial charge in [0.05, 0.1) is 0 Å². The summed E-state index contributed by atoms with van der Waals surface area (Å²) in [6.45, 7) is 7.79. The lowest BCUT2D eigenvalue weighted by Gasteiger charge is -2.28. The fourth-order valence-corrected chi connectivity index (χ4v) is 1.70. The first-order valence-corrected chi connectivity index (χ1v) is 6.01. The van der Waals surface area contributed by atoms with Crippen LogP contribution >= 0.6 is 0 Å². The molecule has 0 saturated carbocycles. The molecular weight excluding hydrogens is 214 g/mol. The Balaban J connectivity index is 3.06. The number of carbonyl (C=O) groups is 1. The molecule has 1 unspecified atom stereocenters. The summed E-state index contributed by atoms with van der Waals surface area (Å²) in [6, 6.07) is 7.87. The van der Waals surface area contributed by atoms with E-state index in [1.807, 2.05) is 31.2 Å². The molecule has 0 fully saturated rings. The molecule has 0 aliphatic heterocycles. The van der Waals surface area contributed by atoms with Crippen molar-refractivity contribution < 1.29 is 9.90 Å². The summed E-state index contributed by atoms with van der Waals surface area (Å²) in [5, 5.41) is 12.4. The van der Waals surface area contributed by atoms with Crippen molar-refractivity contribution in [3.8, 4) is 0 Å². The van der Waals surface area contributed by atoms with E-state index >= 15 is 0 Å². The van der Waals surface area contributed by atoms with Crippen molar-refractivity contribution in [3.63, 3.8) is 0 Å². The summed E-state index contributed by atoms with van der Waals surface area (Å²) in [7, 11) is 0. The number of benzene rings is 1.